The number of sulfone groups is 1. The zero-order chi connectivity index (χ0) is 11.5. The van der Waals surface area contributed by atoms with E-state index in [0.29, 0.717) is 11.4 Å². The van der Waals surface area contributed by atoms with E-state index in [-0.39, 0.29) is 5.11 Å². The Morgan fingerprint density at radius 1 is 1.40 bits per heavy atom. The fourth-order valence-corrected chi connectivity index (χ4v) is 1.75. The molecule has 0 aliphatic carbocycles. The van der Waals surface area contributed by atoms with Crippen LogP contribution in [-0.2, 0) is 16.4 Å². The lowest BCUT2D eigenvalue weighted by atomic mass is 10.2. The van der Waals surface area contributed by atoms with Gasteiger partial charge in [-0.15, -0.1) is 0 Å². The van der Waals surface area contributed by atoms with Gasteiger partial charge in [0.05, 0.1) is 4.90 Å². The summed E-state index contributed by atoms with van der Waals surface area (Å²) in [5, 5.41) is 3.00. The van der Waals surface area contributed by atoms with Crippen molar-refractivity contribution in [1.29, 1.82) is 0 Å². The van der Waals surface area contributed by atoms with Crippen molar-refractivity contribution in [2.45, 2.75) is 11.4 Å². The van der Waals surface area contributed by atoms with Crippen molar-refractivity contribution in [3.05, 3.63) is 29.8 Å². The summed E-state index contributed by atoms with van der Waals surface area (Å²) in [7, 11) is -3.12. The van der Waals surface area contributed by atoms with Crippen molar-refractivity contribution in [1.82, 2.24) is 5.32 Å². The molecule has 0 saturated carbocycles. The van der Waals surface area contributed by atoms with Gasteiger partial charge in [0.25, 0.3) is 0 Å². The summed E-state index contributed by atoms with van der Waals surface area (Å²) < 4.78 is 22.3. The molecule has 0 radical (unpaired) electrons. The first-order valence-electron chi connectivity index (χ1n) is 4.22. The van der Waals surface area contributed by atoms with Crippen LogP contribution >= 0.6 is 12.2 Å². The van der Waals surface area contributed by atoms with Gasteiger partial charge >= 0.3 is 0 Å². The summed E-state index contributed by atoms with van der Waals surface area (Å²) in [6.07, 6.45) is 1.18. The topological polar surface area (TPSA) is 72.2 Å². The van der Waals surface area contributed by atoms with Gasteiger partial charge in [-0.25, -0.2) is 8.42 Å². The third-order valence-corrected chi connectivity index (χ3v) is 3.09. The Morgan fingerprint density at radius 2 is 1.93 bits per heavy atom. The molecule has 0 atom stereocenters. The van der Waals surface area contributed by atoms with Crippen LogP contribution in [0.25, 0.3) is 0 Å². The number of rotatable bonds is 3. The van der Waals surface area contributed by atoms with Gasteiger partial charge < -0.3 is 11.1 Å². The number of nitrogens with two attached hydrogens (primary N) is 1. The molecule has 6 heteroatoms. The van der Waals surface area contributed by atoms with Crippen molar-refractivity contribution in [3.63, 3.8) is 0 Å². The average Bonchev–Trinajstić information content (AvgIpc) is 2.14. The predicted molar refractivity (Wildman–Crippen MR) is 63.2 cm³/mol. The van der Waals surface area contributed by atoms with Gasteiger partial charge in [-0.05, 0) is 29.9 Å². The van der Waals surface area contributed by atoms with E-state index in [0.717, 1.165) is 5.56 Å². The molecule has 0 bridgehead atoms. The number of nitrogens with one attached hydrogen (secondary N) is 1. The van der Waals surface area contributed by atoms with Crippen LogP contribution in [-0.4, -0.2) is 19.8 Å². The van der Waals surface area contributed by atoms with Gasteiger partial charge in [-0.2, -0.15) is 0 Å². The van der Waals surface area contributed by atoms with Gasteiger partial charge in [-0.3, -0.25) is 0 Å². The fraction of sp³-hybridized carbons (Fsp3) is 0.222. The summed E-state index contributed by atoms with van der Waals surface area (Å²) in [4.78, 5) is 0.307. The first-order valence-corrected chi connectivity index (χ1v) is 6.52. The molecule has 3 N–H and O–H groups in total. The van der Waals surface area contributed by atoms with Gasteiger partial charge in [0.1, 0.15) is 0 Å². The maximum absolute atomic E-state index is 11.2. The second-order valence-corrected chi connectivity index (χ2v) is 5.59. The van der Waals surface area contributed by atoms with Crippen LogP contribution < -0.4 is 11.1 Å². The van der Waals surface area contributed by atoms with Crippen molar-refractivity contribution in [2.24, 2.45) is 5.73 Å². The van der Waals surface area contributed by atoms with E-state index >= 15 is 0 Å². The molecule has 1 aromatic carbocycles. The van der Waals surface area contributed by atoms with Crippen LogP contribution in [0.5, 0.6) is 0 Å². The molecule has 0 spiro atoms. The molecule has 82 valence electrons. The second-order valence-electron chi connectivity index (χ2n) is 3.13. The third-order valence-electron chi connectivity index (χ3n) is 1.82. The molecule has 0 amide bonds. The van der Waals surface area contributed by atoms with Crippen LogP contribution in [0.2, 0.25) is 0 Å². The number of benzene rings is 1. The number of thiocarbonyl (C=S) groups is 1. The standard InChI is InChI=1S/C9H12N2O2S2/c1-15(12,13)8-4-2-7(3-5-8)6-11-9(10)14/h2-5H,6H2,1H3,(H3,10,11,14). The van der Waals surface area contributed by atoms with Crippen molar-refractivity contribution < 1.29 is 8.42 Å². The minimum atomic E-state index is -3.12. The molecule has 1 aromatic rings. The maximum atomic E-state index is 11.2. The Bertz CT molecular complexity index is 452. The molecular formula is C9H12N2O2S2. The number of hydrogen-bond donors (Lipinski definition) is 2. The van der Waals surface area contributed by atoms with E-state index < -0.39 is 9.84 Å². The highest BCUT2D eigenvalue weighted by Gasteiger charge is 2.05. The first kappa shape index (κ1) is 11.9. The summed E-state index contributed by atoms with van der Waals surface area (Å²) in [5.74, 6) is 0. The Hall–Kier alpha value is -1.14. The van der Waals surface area contributed by atoms with Crippen LogP contribution in [0.4, 0.5) is 0 Å². The lowest BCUT2D eigenvalue weighted by Gasteiger charge is -2.04. The molecule has 4 nitrogen and oxygen atoms in total. The molecule has 0 aromatic heterocycles. The number of hydrogen-bond acceptors (Lipinski definition) is 3. The largest absolute Gasteiger partial charge is 0.376 e. The Balaban J connectivity index is 2.77. The SMILES string of the molecule is CS(=O)(=O)c1ccc(CNC(N)=S)cc1. The van der Waals surface area contributed by atoms with E-state index in [1.807, 2.05) is 0 Å². The Labute approximate surface area is 94.4 Å². The zero-order valence-corrected chi connectivity index (χ0v) is 9.86. The molecule has 0 aliphatic heterocycles. The quantitative estimate of drug-likeness (QED) is 0.754. The van der Waals surface area contributed by atoms with Gasteiger partial charge in [0, 0.05) is 12.8 Å². The van der Waals surface area contributed by atoms with Crippen LogP contribution in [0.1, 0.15) is 5.56 Å². The highest BCUT2D eigenvalue weighted by molar-refractivity contribution is 7.90. The Morgan fingerprint density at radius 3 is 2.33 bits per heavy atom. The van der Waals surface area contributed by atoms with Gasteiger partial charge in [0.15, 0.2) is 14.9 Å². The maximum Gasteiger partial charge on any atom is 0.175 e. The van der Waals surface area contributed by atoms with Crippen molar-refractivity contribution in [3.8, 4) is 0 Å². The molecule has 0 heterocycles. The van der Waals surface area contributed by atoms with Crippen LogP contribution in [0.15, 0.2) is 29.2 Å². The summed E-state index contributed by atoms with van der Waals surface area (Å²) in [5.41, 5.74) is 6.19. The van der Waals surface area contributed by atoms with E-state index in [1.165, 1.54) is 6.26 Å². The molecule has 0 saturated heterocycles. The Kier molecular flexibility index (Phi) is 3.65. The molecule has 0 unspecified atom stereocenters. The lowest BCUT2D eigenvalue weighted by Crippen LogP contribution is -2.28. The molecule has 0 aliphatic rings. The monoisotopic (exact) mass is 244 g/mol. The highest BCUT2D eigenvalue weighted by Crippen LogP contribution is 2.09. The molecule has 0 fully saturated rings. The summed E-state index contributed by atoms with van der Waals surface area (Å²) >= 11 is 4.65. The highest BCUT2D eigenvalue weighted by atomic mass is 32.2. The lowest BCUT2D eigenvalue weighted by molar-refractivity contribution is 0.602. The molecule has 15 heavy (non-hydrogen) atoms. The minimum absolute atomic E-state index is 0.224. The van der Waals surface area contributed by atoms with E-state index in [1.54, 1.807) is 24.3 Å². The van der Waals surface area contributed by atoms with E-state index in [2.05, 4.69) is 17.5 Å². The summed E-state index contributed by atoms with van der Waals surface area (Å²) in [6, 6.07) is 6.57. The van der Waals surface area contributed by atoms with E-state index in [4.69, 9.17) is 5.73 Å². The average molecular weight is 244 g/mol. The van der Waals surface area contributed by atoms with Crippen molar-refractivity contribution in [2.75, 3.05) is 6.26 Å². The summed E-state index contributed by atoms with van der Waals surface area (Å²) in [6.45, 7) is 0.499. The van der Waals surface area contributed by atoms with Gasteiger partial charge in [0.2, 0.25) is 0 Å². The first-order chi connectivity index (χ1) is 6.89. The van der Waals surface area contributed by atoms with Crippen LogP contribution in [0.3, 0.4) is 0 Å². The van der Waals surface area contributed by atoms with Crippen LogP contribution in [0, 0.1) is 0 Å². The molecule has 1 rings (SSSR count). The normalized spacial score (nSPS) is 11.0. The second kappa shape index (κ2) is 4.59. The predicted octanol–water partition coefficient (Wildman–Crippen LogP) is 0.423. The zero-order valence-electron chi connectivity index (χ0n) is 8.23. The molecular weight excluding hydrogens is 232 g/mol. The van der Waals surface area contributed by atoms with E-state index in [9.17, 15) is 8.42 Å². The third kappa shape index (κ3) is 3.85. The van der Waals surface area contributed by atoms with Crippen molar-refractivity contribution >= 4 is 27.2 Å². The smallest absolute Gasteiger partial charge is 0.175 e. The van der Waals surface area contributed by atoms with Gasteiger partial charge in [-0.1, -0.05) is 12.1 Å². The minimum Gasteiger partial charge on any atom is -0.376 e. The fourth-order valence-electron chi connectivity index (χ4n) is 1.04.